The fourth-order valence-corrected chi connectivity index (χ4v) is 5.13. The summed E-state index contributed by atoms with van der Waals surface area (Å²) in [6.45, 7) is 1.57. The number of nitrogens with zero attached hydrogens (tertiary/aromatic N) is 2. The number of benzene rings is 3. The van der Waals surface area contributed by atoms with Gasteiger partial charge in [0.15, 0.2) is 0 Å². The Kier molecular flexibility index (Phi) is 9.12. The van der Waals surface area contributed by atoms with Crippen molar-refractivity contribution in [2.24, 2.45) is 0 Å². The predicted octanol–water partition coefficient (Wildman–Crippen LogP) is 3.80. The van der Waals surface area contributed by atoms with Crippen molar-refractivity contribution < 1.29 is 18.0 Å². The van der Waals surface area contributed by atoms with Gasteiger partial charge < -0.3 is 10.2 Å². The summed E-state index contributed by atoms with van der Waals surface area (Å²) in [5.74, 6) is -0.866. The monoisotopic (exact) mass is 527 g/mol. The highest BCUT2D eigenvalue weighted by atomic mass is 35.5. The summed E-state index contributed by atoms with van der Waals surface area (Å²) in [4.78, 5) is 28.3. The van der Waals surface area contributed by atoms with Gasteiger partial charge in [0.25, 0.3) is 0 Å². The molecule has 0 bridgehead atoms. The molecule has 0 radical (unpaired) electrons. The topological polar surface area (TPSA) is 86.8 Å². The van der Waals surface area contributed by atoms with Crippen LogP contribution in [0.15, 0.2) is 78.9 Å². The Balaban J connectivity index is 2.04. The largest absolute Gasteiger partial charge is 0.357 e. The molecule has 0 aliphatic heterocycles. The molecule has 0 aliphatic rings. The van der Waals surface area contributed by atoms with Crippen molar-refractivity contribution in [2.45, 2.75) is 25.9 Å². The minimum absolute atomic E-state index is 0.131. The summed E-state index contributed by atoms with van der Waals surface area (Å²) in [6, 6.07) is 22.6. The lowest BCUT2D eigenvalue weighted by molar-refractivity contribution is -0.139. The molecule has 36 heavy (non-hydrogen) atoms. The number of hydrogen-bond acceptors (Lipinski definition) is 4. The maximum Gasteiger partial charge on any atom is 0.244 e. The molecule has 0 aromatic heterocycles. The van der Waals surface area contributed by atoms with E-state index in [4.69, 9.17) is 11.6 Å². The molecule has 0 heterocycles. The molecule has 3 aromatic carbocycles. The Hall–Kier alpha value is -3.36. The van der Waals surface area contributed by atoms with Gasteiger partial charge in [0.1, 0.15) is 12.6 Å². The van der Waals surface area contributed by atoms with E-state index in [1.54, 1.807) is 24.3 Å². The van der Waals surface area contributed by atoms with Gasteiger partial charge in [-0.25, -0.2) is 8.42 Å². The molecule has 1 atom stereocenters. The molecule has 0 aliphatic carbocycles. The fourth-order valence-electron chi connectivity index (χ4n) is 3.98. The van der Waals surface area contributed by atoms with Crippen molar-refractivity contribution in [1.29, 1.82) is 0 Å². The Bertz CT molecular complexity index is 1320. The quantitative estimate of drug-likeness (QED) is 0.434. The number of sulfonamides is 1. The van der Waals surface area contributed by atoms with Gasteiger partial charge in [-0.15, -0.1) is 0 Å². The second-order valence-corrected chi connectivity index (χ2v) is 10.9. The number of halogens is 1. The van der Waals surface area contributed by atoms with Crippen LogP contribution in [0.2, 0.25) is 5.02 Å². The van der Waals surface area contributed by atoms with Crippen LogP contribution in [0.25, 0.3) is 0 Å². The average molecular weight is 528 g/mol. The van der Waals surface area contributed by atoms with E-state index in [0.717, 1.165) is 27.3 Å². The average Bonchev–Trinajstić information content (AvgIpc) is 2.84. The fraction of sp³-hybridized carbons (Fsp3) is 0.259. The normalized spacial score (nSPS) is 12.0. The molecule has 0 unspecified atom stereocenters. The van der Waals surface area contributed by atoms with Crippen LogP contribution in [-0.2, 0) is 32.6 Å². The van der Waals surface area contributed by atoms with Crippen LogP contribution in [0.4, 0.5) is 5.69 Å². The zero-order valence-electron chi connectivity index (χ0n) is 20.5. The van der Waals surface area contributed by atoms with Crippen LogP contribution in [0.5, 0.6) is 0 Å². The van der Waals surface area contributed by atoms with Crippen LogP contribution in [0.3, 0.4) is 0 Å². The lowest BCUT2D eigenvalue weighted by Gasteiger charge is -2.33. The van der Waals surface area contributed by atoms with E-state index in [2.05, 4.69) is 5.32 Å². The molecule has 190 valence electrons. The highest BCUT2D eigenvalue weighted by Crippen LogP contribution is 2.27. The zero-order chi connectivity index (χ0) is 26.3. The van der Waals surface area contributed by atoms with Gasteiger partial charge in [0, 0.05) is 20.0 Å². The van der Waals surface area contributed by atoms with Crippen molar-refractivity contribution >= 4 is 39.1 Å². The molecule has 0 spiro atoms. The van der Waals surface area contributed by atoms with Gasteiger partial charge in [0.2, 0.25) is 21.8 Å². The second kappa shape index (κ2) is 12.1. The first-order valence-corrected chi connectivity index (χ1v) is 13.7. The van der Waals surface area contributed by atoms with E-state index in [-0.39, 0.29) is 29.6 Å². The number of rotatable bonds is 10. The smallest absolute Gasteiger partial charge is 0.244 e. The molecular formula is C27H30ClN3O4S. The molecule has 7 nitrogen and oxygen atoms in total. The zero-order valence-corrected chi connectivity index (χ0v) is 22.1. The maximum atomic E-state index is 13.8. The summed E-state index contributed by atoms with van der Waals surface area (Å²) < 4.78 is 26.4. The second-order valence-electron chi connectivity index (χ2n) is 8.55. The standard InChI is InChI=1S/C27H30ClN3O4S/c1-20-10-9-13-22(16-20)18-30(25(27(33)29-2)17-21-11-5-4-6-12-21)26(32)19-31(36(3,34)35)24-15-8-7-14-23(24)28/h4-16,25H,17-19H2,1-3H3,(H,29,33)/t25-/m1/s1. The van der Waals surface area contributed by atoms with Crippen molar-refractivity contribution in [1.82, 2.24) is 10.2 Å². The molecule has 9 heteroatoms. The van der Waals surface area contributed by atoms with Crippen LogP contribution in [0, 0.1) is 6.92 Å². The van der Waals surface area contributed by atoms with Gasteiger partial charge in [0.05, 0.1) is 17.0 Å². The third kappa shape index (κ3) is 7.08. The van der Waals surface area contributed by atoms with Crippen LogP contribution in [0.1, 0.15) is 16.7 Å². The number of hydrogen-bond donors (Lipinski definition) is 1. The molecule has 3 rings (SSSR count). The molecule has 0 saturated heterocycles. The SMILES string of the molecule is CNC(=O)[C@@H](Cc1ccccc1)N(Cc1cccc(C)c1)C(=O)CN(c1ccccc1Cl)S(C)(=O)=O. The number of carbonyl (C=O) groups excluding carboxylic acids is 2. The van der Waals surface area contributed by atoms with Gasteiger partial charge in [-0.1, -0.05) is 83.9 Å². The van der Waals surface area contributed by atoms with Gasteiger partial charge in [-0.05, 0) is 30.2 Å². The lowest BCUT2D eigenvalue weighted by Crippen LogP contribution is -2.52. The van der Waals surface area contributed by atoms with Crippen LogP contribution in [-0.4, -0.2) is 51.0 Å². The Morgan fingerprint density at radius 1 is 0.944 bits per heavy atom. The first kappa shape index (κ1) is 27.2. The number of para-hydroxylation sites is 1. The van der Waals surface area contributed by atoms with Crippen molar-refractivity contribution in [3.63, 3.8) is 0 Å². The lowest BCUT2D eigenvalue weighted by atomic mass is 10.0. The summed E-state index contributed by atoms with van der Waals surface area (Å²) in [5.41, 5.74) is 2.91. The summed E-state index contributed by atoms with van der Waals surface area (Å²) >= 11 is 6.28. The molecule has 1 N–H and O–H groups in total. The van der Waals surface area contributed by atoms with E-state index >= 15 is 0 Å². The van der Waals surface area contributed by atoms with E-state index < -0.39 is 28.5 Å². The number of nitrogens with one attached hydrogen (secondary N) is 1. The Morgan fingerprint density at radius 2 is 1.58 bits per heavy atom. The van der Waals surface area contributed by atoms with Crippen molar-refractivity contribution in [3.8, 4) is 0 Å². The molecule has 3 aromatic rings. The highest BCUT2D eigenvalue weighted by molar-refractivity contribution is 7.92. The van der Waals surface area contributed by atoms with E-state index in [1.807, 2.05) is 61.5 Å². The molecule has 0 saturated carbocycles. The Labute approximate surface area is 217 Å². The minimum Gasteiger partial charge on any atom is -0.357 e. The van der Waals surface area contributed by atoms with Crippen molar-refractivity contribution in [3.05, 3.63) is 101 Å². The van der Waals surface area contributed by atoms with Gasteiger partial charge in [-0.3, -0.25) is 13.9 Å². The van der Waals surface area contributed by atoms with Gasteiger partial charge >= 0.3 is 0 Å². The third-order valence-electron chi connectivity index (χ3n) is 5.75. The third-order valence-corrected chi connectivity index (χ3v) is 7.20. The molecule has 0 fully saturated rings. The number of carbonyl (C=O) groups is 2. The summed E-state index contributed by atoms with van der Waals surface area (Å²) in [5, 5.41) is 2.86. The number of anilines is 1. The van der Waals surface area contributed by atoms with E-state index in [0.29, 0.717) is 0 Å². The Morgan fingerprint density at radius 3 is 2.19 bits per heavy atom. The number of aryl methyl sites for hydroxylation is 1. The first-order valence-electron chi connectivity index (χ1n) is 11.4. The minimum atomic E-state index is -3.86. The van der Waals surface area contributed by atoms with Crippen LogP contribution >= 0.6 is 11.6 Å². The summed E-state index contributed by atoms with van der Waals surface area (Å²) in [6.07, 6.45) is 1.29. The van der Waals surface area contributed by atoms with Crippen LogP contribution < -0.4 is 9.62 Å². The number of amides is 2. The van der Waals surface area contributed by atoms with Gasteiger partial charge in [-0.2, -0.15) is 0 Å². The number of likely N-dealkylation sites (N-methyl/N-ethyl adjacent to an activating group) is 1. The predicted molar refractivity (Wildman–Crippen MR) is 143 cm³/mol. The molecule has 2 amide bonds. The highest BCUT2D eigenvalue weighted by Gasteiger charge is 2.33. The summed E-state index contributed by atoms with van der Waals surface area (Å²) in [7, 11) is -2.34. The first-order chi connectivity index (χ1) is 17.1. The molecular weight excluding hydrogens is 498 g/mol. The van der Waals surface area contributed by atoms with E-state index in [9.17, 15) is 18.0 Å². The maximum absolute atomic E-state index is 13.8. The van der Waals surface area contributed by atoms with Crippen molar-refractivity contribution in [2.75, 3.05) is 24.2 Å². The van der Waals surface area contributed by atoms with E-state index in [1.165, 1.54) is 11.9 Å².